The highest BCUT2D eigenvalue weighted by Gasteiger charge is 2.43. The Bertz CT molecular complexity index is 789. The van der Waals surface area contributed by atoms with Crippen LogP contribution in [-0.2, 0) is 21.5 Å². The maximum atomic E-state index is 13.2. The van der Waals surface area contributed by atoms with Crippen LogP contribution in [0.3, 0.4) is 0 Å². The highest BCUT2D eigenvalue weighted by Crippen LogP contribution is 2.36. The summed E-state index contributed by atoms with van der Waals surface area (Å²) in [4.78, 5) is 26.9. The Morgan fingerprint density at radius 3 is 2.58 bits per heavy atom. The molecule has 2 amide bonds. The van der Waals surface area contributed by atoms with Crippen molar-refractivity contribution in [1.29, 1.82) is 0 Å². The Labute approximate surface area is 153 Å². The largest absolute Gasteiger partial charge is 0.350 e. The number of aryl methyl sites for hydroxylation is 1. The zero-order chi connectivity index (χ0) is 18.6. The molecule has 1 aliphatic rings. The maximum Gasteiger partial charge on any atom is 0.245 e. The standard InChI is InChI=1S/C20H24N4O2/c1-3-18(25)24-11-9-20(10-12-24,16-7-5-4-6-8-16)19(26)21-14-17-15(2)13-22-23-17/h3-8,13H,1,9-12,14H2,2H3,(H,21,26)(H,22,23). The van der Waals surface area contributed by atoms with Crippen LogP contribution in [-0.4, -0.2) is 40.0 Å². The Balaban J connectivity index is 1.80. The second kappa shape index (κ2) is 7.56. The third-order valence-corrected chi connectivity index (χ3v) is 5.22. The first-order chi connectivity index (χ1) is 12.6. The van der Waals surface area contributed by atoms with Crippen molar-refractivity contribution in [2.75, 3.05) is 13.1 Å². The third-order valence-electron chi connectivity index (χ3n) is 5.22. The molecule has 1 fully saturated rings. The van der Waals surface area contributed by atoms with Gasteiger partial charge in [-0.05, 0) is 37.0 Å². The number of nitrogens with zero attached hydrogens (tertiary/aromatic N) is 2. The zero-order valence-corrected chi connectivity index (χ0v) is 15.0. The number of carbonyl (C=O) groups is 2. The van der Waals surface area contributed by atoms with Gasteiger partial charge in [0.05, 0.1) is 23.9 Å². The van der Waals surface area contributed by atoms with Gasteiger partial charge in [-0.25, -0.2) is 0 Å². The molecule has 136 valence electrons. The summed E-state index contributed by atoms with van der Waals surface area (Å²) >= 11 is 0. The summed E-state index contributed by atoms with van der Waals surface area (Å²) in [7, 11) is 0. The van der Waals surface area contributed by atoms with Crippen LogP contribution in [0.1, 0.15) is 29.7 Å². The molecule has 1 aromatic carbocycles. The number of H-pyrrole nitrogens is 1. The van der Waals surface area contributed by atoms with Gasteiger partial charge >= 0.3 is 0 Å². The molecule has 6 heteroatoms. The van der Waals surface area contributed by atoms with Crippen LogP contribution >= 0.6 is 0 Å². The monoisotopic (exact) mass is 352 g/mol. The highest BCUT2D eigenvalue weighted by atomic mass is 16.2. The van der Waals surface area contributed by atoms with Crippen LogP contribution in [0.4, 0.5) is 0 Å². The van der Waals surface area contributed by atoms with Crippen molar-refractivity contribution in [1.82, 2.24) is 20.4 Å². The van der Waals surface area contributed by atoms with Crippen LogP contribution < -0.4 is 5.32 Å². The van der Waals surface area contributed by atoms with Crippen molar-refractivity contribution < 1.29 is 9.59 Å². The quantitative estimate of drug-likeness (QED) is 0.809. The Morgan fingerprint density at radius 1 is 1.31 bits per heavy atom. The van der Waals surface area contributed by atoms with Crippen molar-refractivity contribution >= 4 is 11.8 Å². The predicted octanol–water partition coefficient (Wildman–Crippen LogP) is 2.08. The molecule has 6 nitrogen and oxygen atoms in total. The molecule has 0 aliphatic carbocycles. The number of piperidine rings is 1. The van der Waals surface area contributed by atoms with Crippen LogP contribution in [0.15, 0.2) is 49.2 Å². The number of hydrogen-bond donors (Lipinski definition) is 2. The van der Waals surface area contributed by atoms with Crippen molar-refractivity contribution in [2.24, 2.45) is 0 Å². The molecule has 2 heterocycles. The molecule has 1 aromatic heterocycles. The Morgan fingerprint density at radius 2 is 2.00 bits per heavy atom. The number of aromatic amines is 1. The van der Waals surface area contributed by atoms with Gasteiger partial charge in [-0.3, -0.25) is 14.7 Å². The van der Waals surface area contributed by atoms with Gasteiger partial charge in [0.15, 0.2) is 0 Å². The second-order valence-electron chi connectivity index (χ2n) is 6.69. The summed E-state index contributed by atoms with van der Waals surface area (Å²) in [6.07, 6.45) is 4.25. The summed E-state index contributed by atoms with van der Waals surface area (Å²) < 4.78 is 0. The average molecular weight is 352 g/mol. The zero-order valence-electron chi connectivity index (χ0n) is 15.0. The van der Waals surface area contributed by atoms with Gasteiger partial charge in [0.1, 0.15) is 0 Å². The van der Waals surface area contributed by atoms with Gasteiger partial charge in [0.25, 0.3) is 0 Å². The van der Waals surface area contributed by atoms with Crippen LogP contribution in [0.2, 0.25) is 0 Å². The molecular formula is C20H24N4O2. The van der Waals surface area contributed by atoms with E-state index >= 15 is 0 Å². The summed E-state index contributed by atoms with van der Waals surface area (Å²) in [5.74, 6) is -0.0939. The summed E-state index contributed by atoms with van der Waals surface area (Å²) in [5, 5.41) is 9.97. The Kier molecular flexibility index (Phi) is 5.21. The topological polar surface area (TPSA) is 78.1 Å². The number of benzene rings is 1. The molecule has 26 heavy (non-hydrogen) atoms. The summed E-state index contributed by atoms with van der Waals surface area (Å²) in [6.45, 7) is 6.99. The fourth-order valence-corrected chi connectivity index (χ4v) is 3.53. The van der Waals surface area contributed by atoms with Crippen molar-refractivity contribution in [3.63, 3.8) is 0 Å². The van der Waals surface area contributed by atoms with E-state index in [1.807, 2.05) is 37.3 Å². The predicted molar refractivity (Wildman–Crippen MR) is 99.3 cm³/mol. The number of nitrogens with one attached hydrogen (secondary N) is 2. The summed E-state index contributed by atoms with van der Waals surface area (Å²) in [6, 6.07) is 9.83. The second-order valence-corrected chi connectivity index (χ2v) is 6.69. The van der Waals surface area contributed by atoms with E-state index in [-0.39, 0.29) is 11.8 Å². The van der Waals surface area contributed by atoms with E-state index in [1.165, 1.54) is 6.08 Å². The smallest absolute Gasteiger partial charge is 0.245 e. The molecule has 2 aromatic rings. The molecule has 0 radical (unpaired) electrons. The highest BCUT2D eigenvalue weighted by molar-refractivity contribution is 5.90. The van der Waals surface area contributed by atoms with E-state index in [4.69, 9.17) is 0 Å². The Hall–Kier alpha value is -2.89. The minimum atomic E-state index is -0.632. The van der Waals surface area contributed by atoms with Gasteiger partial charge < -0.3 is 10.2 Å². The van der Waals surface area contributed by atoms with E-state index in [2.05, 4.69) is 22.1 Å². The molecular weight excluding hydrogens is 328 g/mol. The van der Waals surface area contributed by atoms with E-state index in [0.717, 1.165) is 16.8 Å². The van der Waals surface area contributed by atoms with Crippen LogP contribution in [0, 0.1) is 6.92 Å². The number of aromatic nitrogens is 2. The lowest BCUT2D eigenvalue weighted by Gasteiger charge is -2.40. The first kappa shape index (κ1) is 17.9. The number of likely N-dealkylation sites (tertiary alicyclic amines) is 1. The average Bonchev–Trinajstić information content (AvgIpc) is 3.11. The number of hydrogen-bond acceptors (Lipinski definition) is 3. The van der Waals surface area contributed by atoms with E-state index < -0.39 is 5.41 Å². The minimum absolute atomic E-state index is 0.0107. The normalized spacial score (nSPS) is 16.1. The number of carbonyl (C=O) groups excluding carboxylic acids is 2. The van der Waals surface area contributed by atoms with Crippen molar-refractivity contribution in [3.05, 3.63) is 66.0 Å². The molecule has 0 spiro atoms. The first-order valence-corrected chi connectivity index (χ1v) is 8.81. The minimum Gasteiger partial charge on any atom is -0.350 e. The van der Waals surface area contributed by atoms with Crippen LogP contribution in [0.25, 0.3) is 0 Å². The van der Waals surface area contributed by atoms with Gasteiger partial charge in [-0.2, -0.15) is 5.10 Å². The molecule has 0 unspecified atom stereocenters. The molecule has 1 saturated heterocycles. The molecule has 0 bridgehead atoms. The SMILES string of the molecule is C=CC(=O)N1CCC(C(=O)NCc2[nH]ncc2C)(c2ccccc2)CC1. The van der Waals surface area contributed by atoms with Gasteiger partial charge in [-0.1, -0.05) is 36.9 Å². The fourth-order valence-electron chi connectivity index (χ4n) is 3.53. The third kappa shape index (κ3) is 3.40. The maximum absolute atomic E-state index is 13.2. The number of rotatable bonds is 5. The molecule has 3 rings (SSSR count). The first-order valence-electron chi connectivity index (χ1n) is 8.81. The lowest BCUT2D eigenvalue weighted by atomic mass is 9.72. The molecule has 1 aliphatic heterocycles. The lowest BCUT2D eigenvalue weighted by Crippen LogP contribution is -2.52. The van der Waals surface area contributed by atoms with Crippen molar-refractivity contribution in [2.45, 2.75) is 31.7 Å². The van der Waals surface area contributed by atoms with E-state index in [0.29, 0.717) is 32.5 Å². The van der Waals surface area contributed by atoms with Gasteiger partial charge in [-0.15, -0.1) is 0 Å². The van der Waals surface area contributed by atoms with E-state index in [9.17, 15) is 9.59 Å². The number of amides is 2. The molecule has 2 N–H and O–H groups in total. The molecule has 0 saturated carbocycles. The lowest BCUT2D eigenvalue weighted by molar-refractivity contribution is -0.134. The summed E-state index contributed by atoms with van der Waals surface area (Å²) in [5.41, 5.74) is 2.28. The van der Waals surface area contributed by atoms with Crippen LogP contribution in [0.5, 0.6) is 0 Å². The van der Waals surface area contributed by atoms with Crippen molar-refractivity contribution in [3.8, 4) is 0 Å². The van der Waals surface area contributed by atoms with Gasteiger partial charge in [0, 0.05) is 13.1 Å². The van der Waals surface area contributed by atoms with E-state index in [1.54, 1.807) is 11.1 Å². The molecule has 0 atom stereocenters. The fraction of sp³-hybridized carbons (Fsp3) is 0.350. The van der Waals surface area contributed by atoms with Gasteiger partial charge in [0.2, 0.25) is 11.8 Å².